The molecule has 9 nitrogen and oxygen atoms in total. The number of nitrogens with one attached hydrogen (secondary N) is 1. The largest absolute Gasteiger partial charge is 0.395 e. The molecule has 0 aliphatic carbocycles. The molecule has 3 aromatic rings. The van der Waals surface area contributed by atoms with Crippen molar-refractivity contribution in [3.05, 3.63) is 41.3 Å². The average molecular weight is 464 g/mol. The van der Waals surface area contributed by atoms with Crippen LogP contribution >= 0.6 is 0 Å². The van der Waals surface area contributed by atoms with Crippen LogP contribution in [-0.4, -0.2) is 73.9 Å². The summed E-state index contributed by atoms with van der Waals surface area (Å²) in [5.41, 5.74) is 3.97. The third-order valence-corrected chi connectivity index (χ3v) is 6.54. The zero-order chi connectivity index (χ0) is 23.5. The number of anilines is 3. The number of piperidine rings is 1. The van der Waals surface area contributed by atoms with E-state index in [0.29, 0.717) is 18.9 Å². The number of hydrogen-bond donors (Lipinski definition) is 3. The number of β-amino-alcohol motifs (C(OH)–C–C–N with tert-alkyl or cyclic N) is 1. The number of aromatic nitrogens is 4. The topological polar surface area (TPSA) is 111 Å². The molecule has 1 unspecified atom stereocenters. The molecule has 0 amide bonds. The van der Waals surface area contributed by atoms with Crippen molar-refractivity contribution in [2.75, 3.05) is 43.0 Å². The van der Waals surface area contributed by atoms with Gasteiger partial charge in [0.05, 0.1) is 12.7 Å². The van der Waals surface area contributed by atoms with E-state index in [9.17, 15) is 10.2 Å². The van der Waals surface area contributed by atoms with Crippen molar-refractivity contribution in [3.8, 4) is 0 Å². The second-order valence-electron chi connectivity index (χ2n) is 9.35. The first-order valence-electron chi connectivity index (χ1n) is 12.3. The van der Waals surface area contributed by atoms with Gasteiger partial charge >= 0.3 is 0 Å². The molecule has 0 radical (unpaired) electrons. The highest BCUT2D eigenvalue weighted by Crippen LogP contribution is 2.28. The number of hydrogen-bond acceptors (Lipinski definition) is 9. The van der Waals surface area contributed by atoms with Gasteiger partial charge < -0.3 is 20.4 Å². The Kier molecular flexibility index (Phi) is 6.85. The molecule has 0 spiro atoms. The van der Waals surface area contributed by atoms with Gasteiger partial charge in [-0.1, -0.05) is 6.07 Å². The Balaban J connectivity index is 1.43. The van der Waals surface area contributed by atoms with Crippen molar-refractivity contribution in [3.63, 3.8) is 0 Å². The molecule has 1 atom stereocenters. The fraction of sp³-hybridized carbons (Fsp3) is 0.520. The maximum absolute atomic E-state index is 9.90. The number of aliphatic hydroxyl groups excluding tert-OH is 2. The third kappa shape index (κ3) is 5.11. The second kappa shape index (κ2) is 10.2. The lowest BCUT2D eigenvalue weighted by atomic mass is 10.1. The molecule has 1 fully saturated rings. The SMILES string of the molecule is CC(O)Cc1cc2cnc(Nc3ccc4c(n3)CCN(CCO)C4)nc2c(N2CCCCC2)n1. The smallest absolute Gasteiger partial charge is 0.229 e. The predicted octanol–water partition coefficient (Wildman–Crippen LogP) is 2.43. The van der Waals surface area contributed by atoms with Crippen molar-refractivity contribution in [2.45, 2.75) is 51.7 Å². The molecule has 0 saturated carbocycles. The van der Waals surface area contributed by atoms with Crippen LogP contribution in [0.5, 0.6) is 0 Å². The summed E-state index contributed by atoms with van der Waals surface area (Å²) in [6.45, 7) is 6.30. The van der Waals surface area contributed by atoms with Gasteiger partial charge in [0.25, 0.3) is 0 Å². The van der Waals surface area contributed by atoms with Crippen LogP contribution in [0, 0.1) is 0 Å². The van der Waals surface area contributed by atoms with Gasteiger partial charge in [0, 0.05) is 68.5 Å². The van der Waals surface area contributed by atoms with Gasteiger partial charge in [0.15, 0.2) is 5.82 Å². The van der Waals surface area contributed by atoms with Gasteiger partial charge in [-0.3, -0.25) is 4.90 Å². The Bertz CT molecular complexity index is 1150. The van der Waals surface area contributed by atoms with Gasteiger partial charge in [-0.05, 0) is 43.9 Å². The van der Waals surface area contributed by atoms with E-state index in [0.717, 1.165) is 79.4 Å². The van der Waals surface area contributed by atoms with Crippen LogP contribution in [0.4, 0.5) is 17.6 Å². The fourth-order valence-corrected chi connectivity index (χ4v) is 4.86. The molecule has 3 N–H and O–H groups in total. The highest BCUT2D eigenvalue weighted by atomic mass is 16.3. The maximum atomic E-state index is 9.90. The minimum absolute atomic E-state index is 0.177. The number of nitrogens with zero attached hydrogens (tertiary/aromatic N) is 6. The number of fused-ring (bicyclic) bond motifs is 2. The summed E-state index contributed by atoms with van der Waals surface area (Å²) >= 11 is 0. The van der Waals surface area contributed by atoms with Crippen molar-refractivity contribution >= 4 is 28.5 Å². The van der Waals surface area contributed by atoms with Gasteiger partial charge in [-0.25, -0.2) is 19.9 Å². The molecule has 2 aliphatic rings. The van der Waals surface area contributed by atoms with Crippen molar-refractivity contribution in [2.24, 2.45) is 0 Å². The predicted molar refractivity (Wildman–Crippen MR) is 132 cm³/mol. The van der Waals surface area contributed by atoms with E-state index in [-0.39, 0.29) is 6.61 Å². The summed E-state index contributed by atoms with van der Waals surface area (Å²) in [5.74, 6) is 2.11. The Morgan fingerprint density at radius 3 is 2.74 bits per heavy atom. The molecule has 3 aromatic heterocycles. The lowest BCUT2D eigenvalue weighted by molar-refractivity contribution is 0.183. The Hall–Kier alpha value is -2.88. The zero-order valence-corrected chi connectivity index (χ0v) is 19.7. The molecule has 180 valence electrons. The van der Waals surface area contributed by atoms with E-state index in [1.165, 1.54) is 12.0 Å². The number of pyridine rings is 2. The highest BCUT2D eigenvalue weighted by molar-refractivity contribution is 5.89. The first-order chi connectivity index (χ1) is 16.6. The quantitative estimate of drug-likeness (QED) is 0.486. The van der Waals surface area contributed by atoms with Gasteiger partial charge in [0.1, 0.15) is 11.3 Å². The minimum Gasteiger partial charge on any atom is -0.395 e. The molecule has 9 heteroatoms. The first-order valence-corrected chi connectivity index (χ1v) is 12.3. The molecule has 1 saturated heterocycles. The number of rotatable bonds is 7. The van der Waals surface area contributed by atoms with Crippen LogP contribution in [0.2, 0.25) is 0 Å². The summed E-state index contributed by atoms with van der Waals surface area (Å²) in [7, 11) is 0. The van der Waals surface area contributed by atoms with E-state index >= 15 is 0 Å². The summed E-state index contributed by atoms with van der Waals surface area (Å²) in [4.78, 5) is 23.7. The summed E-state index contributed by atoms with van der Waals surface area (Å²) in [5, 5.41) is 23.3. The summed E-state index contributed by atoms with van der Waals surface area (Å²) < 4.78 is 0. The summed E-state index contributed by atoms with van der Waals surface area (Å²) in [6, 6.07) is 6.04. The van der Waals surface area contributed by atoms with E-state index in [1.807, 2.05) is 18.3 Å². The Labute approximate surface area is 199 Å². The molecule has 5 heterocycles. The van der Waals surface area contributed by atoms with Crippen LogP contribution in [-0.2, 0) is 19.4 Å². The Morgan fingerprint density at radius 2 is 1.94 bits per heavy atom. The van der Waals surface area contributed by atoms with E-state index in [2.05, 4.69) is 26.2 Å². The standard InChI is InChI=1S/C25H33N7O2/c1-17(34)13-20-14-19-15-26-25(30-23(19)24(27-20)32-8-3-2-4-9-32)29-22-6-5-18-16-31(11-12-33)10-7-21(18)28-22/h5-6,14-15,17,33-34H,2-4,7-13,16H2,1H3,(H,26,28,29,30). The lowest BCUT2D eigenvalue weighted by Gasteiger charge is -2.29. The fourth-order valence-electron chi connectivity index (χ4n) is 4.86. The third-order valence-electron chi connectivity index (χ3n) is 6.54. The molecule has 34 heavy (non-hydrogen) atoms. The molecule has 2 aliphatic heterocycles. The van der Waals surface area contributed by atoms with Crippen LogP contribution in [0.1, 0.15) is 43.1 Å². The van der Waals surface area contributed by atoms with Crippen LogP contribution in [0.15, 0.2) is 24.4 Å². The van der Waals surface area contributed by atoms with Crippen molar-refractivity contribution < 1.29 is 10.2 Å². The van der Waals surface area contributed by atoms with Gasteiger partial charge in [-0.15, -0.1) is 0 Å². The first kappa shape index (κ1) is 22.9. The maximum Gasteiger partial charge on any atom is 0.229 e. The van der Waals surface area contributed by atoms with Crippen LogP contribution < -0.4 is 10.2 Å². The molecule has 0 bridgehead atoms. The normalized spacial score (nSPS) is 17.6. The monoisotopic (exact) mass is 463 g/mol. The minimum atomic E-state index is -0.452. The number of aliphatic hydroxyl groups is 2. The van der Waals surface area contributed by atoms with Crippen LogP contribution in [0.25, 0.3) is 10.9 Å². The van der Waals surface area contributed by atoms with Crippen molar-refractivity contribution in [1.82, 2.24) is 24.8 Å². The second-order valence-corrected chi connectivity index (χ2v) is 9.35. The van der Waals surface area contributed by atoms with Gasteiger partial charge in [-0.2, -0.15) is 0 Å². The molecular weight excluding hydrogens is 430 g/mol. The molecule has 5 rings (SSSR count). The van der Waals surface area contributed by atoms with E-state index in [4.69, 9.17) is 15.0 Å². The molecule has 0 aromatic carbocycles. The van der Waals surface area contributed by atoms with E-state index in [1.54, 1.807) is 6.92 Å². The van der Waals surface area contributed by atoms with E-state index < -0.39 is 6.10 Å². The molecular formula is C25H33N7O2. The van der Waals surface area contributed by atoms with Crippen molar-refractivity contribution in [1.29, 1.82) is 0 Å². The Morgan fingerprint density at radius 1 is 1.09 bits per heavy atom. The average Bonchev–Trinajstić information content (AvgIpc) is 2.84. The zero-order valence-electron chi connectivity index (χ0n) is 19.7. The van der Waals surface area contributed by atoms with Gasteiger partial charge in [0.2, 0.25) is 5.95 Å². The lowest BCUT2D eigenvalue weighted by Crippen LogP contribution is -2.33. The summed E-state index contributed by atoms with van der Waals surface area (Å²) in [6.07, 6.45) is 6.28. The highest BCUT2D eigenvalue weighted by Gasteiger charge is 2.20. The van der Waals surface area contributed by atoms with Crippen LogP contribution in [0.3, 0.4) is 0 Å².